The van der Waals surface area contributed by atoms with Gasteiger partial charge in [-0.2, -0.15) is 0 Å². The smallest absolute Gasteiger partial charge is 0.417 e. The first-order valence-corrected chi connectivity index (χ1v) is 3.63. The van der Waals surface area contributed by atoms with Crippen LogP contribution in [0.3, 0.4) is 0 Å². The molecule has 0 saturated carbocycles. The molecule has 5 nitrogen and oxygen atoms in total. The normalized spacial score (nSPS) is 10.6. The van der Waals surface area contributed by atoms with Gasteiger partial charge in [-0.3, -0.25) is 4.98 Å². The van der Waals surface area contributed by atoms with E-state index in [0.29, 0.717) is 0 Å². The predicted molar refractivity (Wildman–Crippen MR) is 43.8 cm³/mol. The molecule has 0 aliphatic rings. The second-order valence-corrected chi connectivity index (χ2v) is 2.65. The fourth-order valence-corrected chi connectivity index (χ4v) is 1.14. The number of aromatic carboxylic acids is 1. The average molecular weight is 197 g/mol. The molecule has 2 N–H and O–H groups in total. The SMILES string of the molecule is O=C(O)c1cc(F)c2oc(=O)[nH]c2c1. The number of carbonyl (C=O) groups is 1. The van der Waals surface area contributed by atoms with Crippen molar-refractivity contribution in [3.63, 3.8) is 0 Å². The number of aromatic nitrogens is 1. The number of hydrogen-bond acceptors (Lipinski definition) is 3. The maximum atomic E-state index is 13.1. The molecule has 0 spiro atoms. The molecule has 0 aliphatic carbocycles. The number of aromatic amines is 1. The van der Waals surface area contributed by atoms with Crippen molar-refractivity contribution in [2.24, 2.45) is 0 Å². The van der Waals surface area contributed by atoms with Crippen LogP contribution in [0.2, 0.25) is 0 Å². The Bertz CT molecular complexity index is 568. The lowest BCUT2D eigenvalue weighted by Gasteiger charge is -1.94. The van der Waals surface area contributed by atoms with E-state index < -0.39 is 17.5 Å². The fraction of sp³-hybridized carbons (Fsp3) is 0. The summed E-state index contributed by atoms with van der Waals surface area (Å²) >= 11 is 0. The van der Waals surface area contributed by atoms with E-state index in [1.54, 1.807) is 0 Å². The van der Waals surface area contributed by atoms with Gasteiger partial charge in [-0.1, -0.05) is 0 Å². The molecule has 0 aliphatic heterocycles. The first kappa shape index (κ1) is 8.49. The molecule has 72 valence electrons. The van der Waals surface area contributed by atoms with Gasteiger partial charge in [-0.15, -0.1) is 0 Å². The van der Waals surface area contributed by atoms with Gasteiger partial charge in [0.2, 0.25) is 0 Å². The number of nitrogens with one attached hydrogen (secondary N) is 1. The summed E-state index contributed by atoms with van der Waals surface area (Å²) in [7, 11) is 0. The molecule has 0 unspecified atom stereocenters. The Morgan fingerprint density at radius 1 is 1.50 bits per heavy atom. The Kier molecular flexibility index (Phi) is 1.63. The Balaban J connectivity index is 2.84. The molecular formula is C8H4FNO4. The topological polar surface area (TPSA) is 83.3 Å². The second kappa shape index (κ2) is 2.69. The van der Waals surface area contributed by atoms with Crippen molar-refractivity contribution < 1.29 is 18.7 Å². The van der Waals surface area contributed by atoms with E-state index >= 15 is 0 Å². The van der Waals surface area contributed by atoms with Crippen LogP contribution in [-0.2, 0) is 0 Å². The summed E-state index contributed by atoms with van der Waals surface area (Å²) < 4.78 is 17.6. The van der Waals surface area contributed by atoms with Crippen LogP contribution in [0, 0.1) is 5.82 Å². The van der Waals surface area contributed by atoms with Crippen LogP contribution in [0.15, 0.2) is 21.3 Å². The number of benzene rings is 1. The van der Waals surface area contributed by atoms with Crippen LogP contribution >= 0.6 is 0 Å². The molecule has 0 saturated heterocycles. The minimum atomic E-state index is -1.27. The third-order valence-electron chi connectivity index (χ3n) is 1.72. The molecule has 14 heavy (non-hydrogen) atoms. The largest absolute Gasteiger partial charge is 0.478 e. The highest BCUT2D eigenvalue weighted by molar-refractivity contribution is 5.91. The summed E-state index contributed by atoms with van der Waals surface area (Å²) in [6.07, 6.45) is 0. The summed E-state index contributed by atoms with van der Waals surface area (Å²) in [5.41, 5.74) is -0.473. The van der Waals surface area contributed by atoms with Gasteiger partial charge < -0.3 is 9.52 Å². The summed E-state index contributed by atoms with van der Waals surface area (Å²) in [6.45, 7) is 0. The molecule has 0 atom stereocenters. The van der Waals surface area contributed by atoms with Crippen LogP contribution in [0.5, 0.6) is 0 Å². The lowest BCUT2D eigenvalue weighted by Crippen LogP contribution is -1.97. The standard InChI is InChI=1S/C8H4FNO4/c9-4-1-3(7(11)12)2-5-6(4)14-8(13)10-5/h1-2H,(H,10,13)(H,11,12). The molecule has 1 aromatic carbocycles. The van der Waals surface area contributed by atoms with Crippen LogP contribution in [0.25, 0.3) is 11.1 Å². The van der Waals surface area contributed by atoms with Gasteiger partial charge in [0.1, 0.15) is 0 Å². The molecule has 1 heterocycles. The van der Waals surface area contributed by atoms with Crippen molar-refractivity contribution in [1.82, 2.24) is 4.98 Å². The van der Waals surface area contributed by atoms with Crippen molar-refractivity contribution in [2.45, 2.75) is 0 Å². The monoisotopic (exact) mass is 197 g/mol. The van der Waals surface area contributed by atoms with Crippen molar-refractivity contribution in [3.8, 4) is 0 Å². The Hall–Kier alpha value is -2.11. The van der Waals surface area contributed by atoms with E-state index in [4.69, 9.17) is 5.11 Å². The number of oxazole rings is 1. The van der Waals surface area contributed by atoms with Gasteiger partial charge in [0, 0.05) is 0 Å². The number of rotatable bonds is 1. The first-order valence-electron chi connectivity index (χ1n) is 3.63. The Morgan fingerprint density at radius 3 is 2.86 bits per heavy atom. The lowest BCUT2D eigenvalue weighted by atomic mass is 10.2. The number of fused-ring (bicyclic) bond motifs is 1. The van der Waals surface area contributed by atoms with Crippen LogP contribution in [0.1, 0.15) is 10.4 Å². The zero-order chi connectivity index (χ0) is 10.3. The summed E-state index contributed by atoms with van der Waals surface area (Å²) in [6, 6.07) is 1.92. The van der Waals surface area contributed by atoms with E-state index in [9.17, 15) is 14.0 Å². The first-order chi connectivity index (χ1) is 6.58. The van der Waals surface area contributed by atoms with Crippen molar-refractivity contribution in [2.75, 3.05) is 0 Å². The Labute approximate surface area is 75.8 Å². The number of hydrogen-bond donors (Lipinski definition) is 2. The summed E-state index contributed by atoms with van der Waals surface area (Å²) in [5, 5.41) is 8.59. The van der Waals surface area contributed by atoms with Gasteiger partial charge in [0.25, 0.3) is 0 Å². The van der Waals surface area contributed by atoms with Crippen LogP contribution in [-0.4, -0.2) is 16.1 Å². The van der Waals surface area contributed by atoms with Gasteiger partial charge in [0.15, 0.2) is 11.4 Å². The lowest BCUT2D eigenvalue weighted by molar-refractivity contribution is 0.0696. The van der Waals surface area contributed by atoms with E-state index in [2.05, 4.69) is 9.40 Å². The molecule has 0 amide bonds. The molecular weight excluding hydrogens is 193 g/mol. The third kappa shape index (κ3) is 1.17. The highest BCUT2D eigenvalue weighted by Crippen LogP contribution is 2.16. The quantitative estimate of drug-likeness (QED) is 0.713. The van der Waals surface area contributed by atoms with Crippen molar-refractivity contribution >= 4 is 17.1 Å². The van der Waals surface area contributed by atoms with Crippen LogP contribution < -0.4 is 5.76 Å². The zero-order valence-corrected chi connectivity index (χ0v) is 6.70. The fourth-order valence-electron chi connectivity index (χ4n) is 1.14. The highest BCUT2D eigenvalue weighted by Gasteiger charge is 2.12. The number of halogens is 1. The van der Waals surface area contributed by atoms with Crippen molar-refractivity contribution in [1.29, 1.82) is 0 Å². The minimum Gasteiger partial charge on any atom is -0.478 e. The third-order valence-corrected chi connectivity index (χ3v) is 1.72. The second-order valence-electron chi connectivity index (χ2n) is 2.65. The molecule has 6 heteroatoms. The highest BCUT2D eigenvalue weighted by atomic mass is 19.1. The maximum absolute atomic E-state index is 13.1. The van der Waals surface area contributed by atoms with Crippen LogP contribution in [0.4, 0.5) is 4.39 Å². The molecule has 2 rings (SSSR count). The van der Waals surface area contributed by atoms with Gasteiger partial charge in [-0.05, 0) is 12.1 Å². The molecule has 0 bridgehead atoms. The molecule has 1 aromatic heterocycles. The molecule has 0 radical (unpaired) electrons. The van der Waals surface area contributed by atoms with Crippen molar-refractivity contribution in [3.05, 3.63) is 34.1 Å². The van der Waals surface area contributed by atoms with E-state index in [1.807, 2.05) is 0 Å². The molecule has 0 fully saturated rings. The number of H-pyrrole nitrogens is 1. The van der Waals surface area contributed by atoms with E-state index in [1.165, 1.54) is 0 Å². The van der Waals surface area contributed by atoms with E-state index in [-0.39, 0.29) is 16.7 Å². The van der Waals surface area contributed by atoms with Gasteiger partial charge >= 0.3 is 11.7 Å². The van der Waals surface area contributed by atoms with Gasteiger partial charge in [-0.25, -0.2) is 14.0 Å². The van der Waals surface area contributed by atoms with Gasteiger partial charge in [0.05, 0.1) is 11.1 Å². The minimum absolute atomic E-state index is 0.0346. The summed E-state index contributed by atoms with van der Waals surface area (Å²) in [5.74, 6) is -2.97. The number of carboxylic acids is 1. The summed E-state index contributed by atoms with van der Waals surface area (Å²) in [4.78, 5) is 23.4. The number of carboxylic acid groups (broad SMARTS) is 1. The zero-order valence-electron chi connectivity index (χ0n) is 6.70. The Morgan fingerprint density at radius 2 is 2.21 bits per heavy atom. The predicted octanol–water partition coefficient (Wildman–Crippen LogP) is 0.958. The average Bonchev–Trinajstić information content (AvgIpc) is 2.45. The maximum Gasteiger partial charge on any atom is 0.417 e. The van der Waals surface area contributed by atoms with E-state index in [0.717, 1.165) is 12.1 Å². The molecule has 2 aromatic rings.